The predicted molar refractivity (Wildman–Crippen MR) is 99.8 cm³/mol. The summed E-state index contributed by atoms with van der Waals surface area (Å²) in [6.45, 7) is 6.00. The summed E-state index contributed by atoms with van der Waals surface area (Å²) < 4.78 is 2.70. The van der Waals surface area contributed by atoms with E-state index in [2.05, 4.69) is 61.0 Å². The van der Waals surface area contributed by atoms with Gasteiger partial charge in [-0.25, -0.2) is 0 Å². The van der Waals surface area contributed by atoms with Gasteiger partial charge in [0.25, 0.3) is 0 Å². The van der Waals surface area contributed by atoms with Crippen LogP contribution < -0.4 is 0 Å². The molecule has 0 aliphatic heterocycles. The Morgan fingerprint density at radius 1 is 1.09 bits per heavy atom. The van der Waals surface area contributed by atoms with E-state index in [1.165, 1.54) is 42.3 Å². The zero-order valence-electron chi connectivity index (χ0n) is 12.5. The number of fused-ring (bicyclic) bond motifs is 5. The number of rotatable bonds is 3. The van der Waals surface area contributed by atoms with Crippen molar-refractivity contribution in [2.24, 2.45) is 0 Å². The molecule has 0 aliphatic rings. The van der Waals surface area contributed by atoms with Crippen LogP contribution in [0, 0.1) is 0 Å². The molecule has 0 fully saturated rings. The molecule has 22 heavy (non-hydrogen) atoms. The average Bonchev–Trinajstić information content (AvgIpc) is 3.09. The molecule has 0 aliphatic carbocycles. The third-order valence-corrected chi connectivity index (χ3v) is 5.31. The van der Waals surface area contributed by atoms with Crippen molar-refractivity contribution in [3.8, 4) is 0 Å². The predicted octanol–water partition coefficient (Wildman–Crippen LogP) is 6.30. The molecular weight excluding hydrogens is 286 g/mol. The lowest BCUT2D eigenvalue weighted by Crippen LogP contribution is -1.82. The Hall–Kier alpha value is -2.32. The fraction of sp³-hybridized carbons (Fsp3) is 0.100. The lowest BCUT2D eigenvalue weighted by atomic mass is 10.0. The minimum absolute atomic E-state index is 0.995. The Kier molecular flexibility index (Phi) is 3.12. The van der Waals surface area contributed by atoms with E-state index in [9.17, 15) is 0 Å². The summed E-state index contributed by atoms with van der Waals surface area (Å²) in [7, 11) is 0. The number of hydrogen-bond acceptors (Lipinski definition) is 1. The van der Waals surface area contributed by atoms with Crippen LogP contribution >= 0.6 is 11.3 Å². The second-order valence-electron chi connectivity index (χ2n) is 5.43. The van der Waals surface area contributed by atoms with E-state index in [1.807, 2.05) is 23.5 Å². The van der Waals surface area contributed by atoms with Crippen LogP contribution in [0.1, 0.15) is 18.2 Å². The van der Waals surface area contributed by atoms with Gasteiger partial charge >= 0.3 is 0 Å². The standard InChI is InChI=1S/C20H17NS/c1-3-5-8-13-15(4-2)21-16-11-12-18-20(19(13)16)14-9-6-7-10-17(14)22-18/h3,5-12,21H,1,4H2,2H3/b8-5-. The molecule has 2 aromatic heterocycles. The van der Waals surface area contributed by atoms with Gasteiger partial charge in [-0.2, -0.15) is 0 Å². The molecular formula is C20H17NS. The van der Waals surface area contributed by atoms with Crippen LogP contribution in [-0.4, -0.2) is 4.98 Å². The molecule has 0 radical (unpaired) electrons. The van der Waals surface area contributed by atoms with Crippen LogP contribution in [0.3, 0.4) is 0 Å². The van der Waals surface area contributed by atoms with Gasteiger partial charge in [-0.1, -0.05) is 49.9 Å². The van der Waals surface area contributed by atoms with Gasteiger partial charge < -0.3 is 4.98 Å². The molecule has 0 unspecified atom stereocenters. The fourth-order valence-corrected chi connectivity index (χ4v) is 4.32. The molecule has 1 nitrogen and oxygen atoms in total. The van der Waals surface area contributed by atoms with E-state index in [0.29, 0.717) is 0 Å². The van der Waals surface area contributed by atoms with Crippen LogP contribution in [0.5, 0.6) is 0 Å². The smallest absolute Gasteiger partial charge is 0.0469 e. The molecule has 108 valence electrons. The highest BCUT2D eigenvalue weighted by Crippen LogP contribution is 2.40. The number of allylic oxidation sites excluding steroid dienone is 2. The minimum atomic E-state index is 0.995. The number of hydrogen-bond donors (Lipinski definition) is 1. The van der Waals surface area contributed by atoms with E-state index in [0.717, 1.165) is 6.42 Å². The molecule has 2 heteroatoms. The molecule has 0 saturated carbocycles. The summed E-state index contributed by atoms with van der Waals surface area (Å²) in [5.74, 6) is 0. The normalized spacial score (nSPS) is 12.0. The van der Waals surface area contributed by atoms with Gasteiger partial charge in [0, 0.05) is 42.3 Å². The average molecular weight is 303 g/mol. The molecule has 2 aromatic carbocycles. The summed E-state index contributed by atoms with van der Waals surface area (Å²) in [5.41, 5.74) is 3.80. The number of aryl methyl sites for hydroxylation is 1. The Bertz CT molecular complexity index is 1030. The van der Waals surface area contributed by atoms with Crippen LogP contribution in [-0.2, 0) is 6.42 Å². The van der Waals surface area contributed by atoms with E-state index < -0.39 is 0 Å². The highest BCUT2D eigenvalue weighted by molar-refractivity contribution is 7.26. The Morgan fingerprint density at radius 2 is 1.95 bits per heavy atom. The van der Waals surface area contributed by atoms with Gasteiger partial charge in [0.1, 0.15) is 0 Å². The number of nitrogens with one attached hydrogen (secondary N) is 1. The molecule has 0 spiro atoms. The summed E-state index contributed by atoms with van der Waals surface area (Å²) in [6.07, 6.45) is 7.03. The molecule has 0 saturated heterocycles. The van der Waals surface area contributed by atoms with Crippen molar-refractivity contribution in [2.45, 2.75) is 13.3 Å². The topological polar surface area (TPSA) is 15.8 Å². The summed E-state index contributed by atoms with van der Waals surface area (Å²) in [5, 5.41) is 4.06. The first-order valence-corrected chi connectivity index (χ1v) is 8.39. The maximum Gasteiger partial charge on any atom is 0.0469 e. The Balaban J connectivity index is 2.24. The van der Waals surface area contributed by atoms with Crippen LogP contribution in [0.4, 0.5) is 0 Å². The van der Waals surface area contributed by atoms with E-state index >= 15 is 0 Å². The number of aromatic nitrogens is 1. The van der Waals surface area contributed by atoms with Gasteiger partial charge in [-0.15, -0.1) is 11.3 Å². The monoisotopic (exact) mass is 303 g/mol. The first-order chi connectivity index (χ1) is 10.8. The largest absolute Gasteiger partial charge is 0.358 e. The third-order valence-electron chi connectivity index (χ3n) is 4.18. The molecule has 0 amide bonds. The molecule has 2 heterocycles. The van der Waals surface area contributed by atoms with E-state index in [4.69, 9.17) is 0 Å². The van der Waals surface area contributed by atoms with Crippen molar-refractivity contribution in [1.82, 2.24) is 4.98 Å². The number of H-pyrrole nitrogens is 1. The quantitative estimate of drug-likeness (QED) is 0.428. The van der Waals surface area contributed by atoms with Crippen LogP contribution in [0.25, 0.3) is 37.2 Å². The first kappa shape index (κ1) is 13.4. The van der Waals surface area contributed by atoms with Crippen molar-refractivity contribution in [2.75, 3.05) is 0 Å². The highest BCUT2D eigenvalue weighted by Gasteiger charge is 2.14. The number of thiophene rings is 1. The molecule has 0 atom stereocenters. The van der Waals surface area contributed by atoms with Crippen molar-refractivity contribution < 1.29 is 0 Å². The van der Waals surface area contributed by atoms with Gasteiger partial charge in [-0.3, -0.25) is 0 Å². The molecule has 0 bridgehead atoms. The zero-order valence-corrected chi connectivity index (χ0v) is 13.3. The number of aromatic amines is 1. The van der Waals surface area contributed by atoms with Crippen molar-refractivity contribution in [1.29, 1.82) is 0 Å². The van der Waals surface area contributed by atoms with Crippen molar-refractivity contribution >= 4 is 48.5 Å². The Labute approximate surface area is 133 Å². The van der Waals surface area contributed by atoms with Gasteiger partial charge in [0.15, 0.2) is 0 Å². The van der Waals surface area contributed by atoms with Crippen LogP contribution in [0.2, 0.25) is 0 Å². The molecule has 4 aromatic rings. The zero-order chi connectivity index (χ0) is 15.1. The second-order valence-corrected chi connectivity index (χ2v) is 6.51. The lowest BCUT2D eigenvalue weighted by Gasteiger charge is -1.99. The second kappa shape index (κ2) is 5.15. The maximum absolute atomic E-state index is 3.80. The Morgan fingerprint density at radius 3 is 2.77 bits per heavy atom. The molecule has 4 rings (SSSR count). The summed E-state index contributed by atoms with van der Waals surface area (Å²) in [6, 6.07) is 13.1. The van der Waals surface area contributed by atoms with Crippen molar-refractivity contribution in [3.63, 3.8) is 0 Å². The van der Waals surface area contributed by atoms with Gasteiger partial charge in [-0.05, 0) is 24.6 Å². The van der Waals surface area contributed by atoms with Crippen LogP contribution in [0.15, 0.2) is 55.1 Å². The minimum Gasteiger partial charge on any atom is -0.358 e. The first-order valence-electron chi connectivity index (χ1n) is 7.57. The van der Waals surface area contributed by atoms with E-state index in [-0.39, 0.29) is 0 Å². The molecule has 1 N–H and O–H groups in total. The lowest BCUT2D eigenvalue weighted by molar-refractivity contribution is 1.07. The van der Waals surface area contributed by atoms with E-state index in [1.54, 1.807) is 0 Å². The summed E-state index contributed by atoms with van der Waals surface area (Å²) in [4.78, 5) is 3.59. The maximum atomic E-state index is 3.80. The summed E-state index contributed by atoms with van der Waals surface area (Å²) >= 11 is 1.87. The van der Waals surface area contributed by atoms with Gasteiger partial charge in [0.2, 0.25) is 0 Å². The SMILES string of the molecule is C=C/C=C\c1c(CC)[nH]c2ccc3sc4ccccc4c3c12. The fourth-order valence-electron chi connectivity index (χ4n) is 3.21. The third kappa shape index (κ3) is 1.84. The van der Waals surface area contributed by atoms with Gasteiger partial charge in [0.05, 0.1) is 0 Å². The number of benzene rings is 2. The van der Waals surface area contributed by atoms with Crippen molar-refractivity contribution in [3.05, 3.63) is 66.4 Å². The highest BCUT2D eigenvalue weighted by atomic mass is 32.1.